The number of nitriles is 1. The first-order valence-corrected chi connectivity index (χ1v) is 20.2. The minimum absolute atomic E-state index is 0.0143. The van der Waals surface area contributed by atoms with Crippen molar-refractivity contribution in [1.29, 1.82) is 5.26 Å². The van der Waals surface area contributed by atoms with Crippen LogP contribution in [0.3, 0.4) is 0 Å². The largest absolute Gasteiger partial charge is 0.463 e. The van der Waals surface area contributed by atoms with Crippen LogP contribution in [0.25, 0.3) is 4.85 Å². The maximum Gasteiger partial charge on any atom is 0.351 e. The molecule has 14 heteroatoms. The summed E-state index contributed by atoms with van der Waals surface area (Å²) < 4.78 is 21.5. The smallest absolute Gasteiger partial charge is 0.351 e. The fraction of sp³-hybridized carbons (Fsp3) is 0.463. The highest BCUT2D eigenvalue weighted by Gasteiger charge is 2.31. The molecule has 0 aromatic heterocycles. The predicted molar refractivity (Wildman–Crippen MR) is 214 cm³/mol. The minimum Gasteiger partial charge on any atom is -0.463 e. The van der Waals surface area contributed by atoms with Crippen LogP contribution in [0, 0.1) is 23.8 Å². The Hall–Kier alpha value is -4.28. The van der Waals surface area contributed by atoms with Crippen LogP contribution in [-0.2, 0) is 38.3 Å². The van der Waals surface area contributed by atoms with E-state index in [1.54, 1.807) is 11.8 Å². The van der Waals surface area contributed by atoms with E-state index in [1.807, 2.05) is 41.3 Å². The monoisotopic (exact) mass is 790 g/mol. The molecule has 0 saturated carbocycles. The lowest BCUT2D eigenvalue weighted by molar-refractivity contribution is -0.292. The first kappa shape index (κ1) is 43.4. The summed E-state index contributed by atoms with van der Waals surface area (Å²) in [5.74, 6) is -0.530. The zero-order valence-corrected chi connectivity index (χ0v) is 33.3. The zero-order chi connectivity index (χ0) is 39.3. The fourth-order valence-corrected chi connectivity index (χ4v) is 7.91. The van der Waals surface area contributed by atoms with Gasteiger partial charge in [-0.15, -0.1) is 0 Å². The van der Waals surface area contributed by atoms with Gasteiger partial charge in [0.1, 0.15) is 30.9 Å². The van der Waals surface area contributed by atoms with Crippen molar-refractivity contribution in [3.8, 4) is 6.07 Å². The number of hydrogen-bond donors (Lipinski definition) is 0. The van der Waals surface area contributed by atoms with Gasteiger partial charge in [-0.05, 0) is 55.9 Å². The number of thioether (sulfide) groups is 2. The molecule has 1 atom stereocenters. The van der Waals surface area contributed by atoms with Gasteiger partial charge in [0.25, 0.3) is 0 Å². The minimum atomic E-state index is -0.698. The number of hydrogen-bond acceptors (Lipinski definition) is 13. The second-order valence-electron chi connectivity index (χ2n) is 12.6. The summed E-state index contributed by atoms with van der Waals surface area (Å²) in [5, 5.41) is 11.4. The Morgan fingerprint density at radius 2 is 1.45 bits per heavy atom. The molecule has 0 spiro atoms. The van der Waals surface area contributed by atoms with E-state index in [9.17, 15) is 14.9 Å². The second-order valence-corrected chi connectivity index (χ2v) is 14.7. The number of carbonyl (C=O) groups excluding carboxylic acids is 2. The van der Waals surface area contributed by atoms with Crippen LogP contribution in [0.2, 0.25) is 0 Å². The van der Waals surface area contributed by atoms with Gasteiger partial charge < -0.3 is 28.7 Å². The van der Waals surface area contributed by atoms with Crippen molar-refractivity contribution in [1.82, 2.24) is 0 Å². The number of para-hydroxylation sites is 2. The Labute approximate surface area is 333 Å². The van der Waals surface area contributed by atoms with Gasteiger partial charge in [-0.2, -0.15) is 5.26 Å². The van der Waals surface area contributed by atoms with Gasteiger partial charge in [-0.25, -0.2) is 24.2 Å². The molecule has 0 N–H and O–H groups in total. The van der Waals surface area contributed by atoms with Crippen molar-refractivity contribution < 1.29 is 38.3 Å². The van der Waals surface area contributed by atoms with Crippen molar-refractivity contribution in [2.75, 3.05) is 75.7 Å². The first-order valence-electron chi connectivity index (χ1n) is 18.6. The summed E-state index contributed by atoms with van der Waals surface area (Å²) in [7, 11) is 0. The molecule has 2 aliphatic heterocycles. The Morgan fingerprint density at radius 3 is 2.11 bits per heavy atom. The van der Waals surface area contributed by atoms with Crippen LogP contribution in [0.15, 0.2) is 92.3 Å². The van der Waals surface area contributed by atoms with E-state index in [0.29, 0.717) is 36.4 Å². The molecule has 2 aliphatic rings. The molecule has 0 aliphatic carbocycles. The van der Waals surface area contributed by atoms with Gasteiger partial charge in [-0.3, -0.25) is 0 Å². The number of esters is 2. The second kappa shape index (κ2) is 24.3. The molecule has 0 saturated heterocycles. The number of nitrogens with zero attached hydrogens (tertiary/aromatic N) is 4. The number of fused-ring (bicyclic) bond motifs is 2. The van der Waals surface area contributed by atoms with Crippen molar-refractivity contribution in [3.63, 3.8) is 0 Å². The molecule has 0 radical (unpaired) electrons. The highest BCUT2D eigenvalue weighted by molar-refractivity contribution is 8.04. The van der Waals surface area contributed by atoms with Gasteiger partial charge in [-0.1, -0.05) is 81.1 Å². The molecule has 0 bridgehead atoms. The lowest BCUT2D eigenvalue weighted by atomic mass is 10.1. The number of anilines is 2. The van der Waals surface area contributed by atoms with Gasteiger partial charge in [0.15, 0.2) is 5.57 Å². The van der Waals surface area contributed by atoms with Crippen molar-refractivity contribution in [2.45, 2.75) is 62.2 Å². The third kappa shape index (κ3) is 13.5. The van der Waals surface area contributed by atoms with Crippen molar-refractivity contribution in [2.24, 2.45) is 5.92 Å². The summed E-state index contributed by atoms with van der Waals surface area (Å²) in [6, 6.07) is 18.0. The average Bonchev–Trinajstić information content (AvgIpc) is 3.76. The van der Waals surface area contributed by atoms with E-state index >= 15 is 0 Å². The normalized spacial score (nSPS) is 15.4. The topological polar surface area (TPSA) is 124 Å². The molecular formula is C41H50N4O8S2. The summed E-state index contributed by atoms with van der Waals surface area (Å²) in [6.45, 7) is 18.6. The molecule has 12 nitrogen and oxygen atoms in total. The SMILES string of the molecule is [C-]#[N+]/C(COOCCOCCOCCOC(=O)/C(C#N)=C1\Sc2ccccc2N1CCCCCCOC(=O)C=C)=C1/Sc2ccccc2N1CCC(C)CC. The zero-order valence-electron chi connectivity index (χ0n) is 31.7. The number of benzene rings is 2. The van der Waals surface area contributed by atoms with Crippen molar-refractivity contribution in [3.05, 3.63) is 93.9 Å². The van der Waals surface area contributed by atoms with E-state index < -0.39 is 11.9 Å². The lowest BCUT2D eigenvalue weighted by Gasteiger charge is -2.23. The molecule has 2 aromatic carbocycles. The van der Waals surface area contributed by atoms with E-state index in [1.165, 1.54) is 11.8 Å². The molecular weight excluding hydrogens is 741 g/mol. The molecule has 4 rings (SSSR count). The maximum atomic E-state index is 13.0. The Kier molecular flexibility index (Phi) is 19.2. The third-order valence-electron chi connectivity index (χ3n) is 8.78. The van der Waals surface area contributed by atoms with E-state index in [4.69, 9.17) is 35.3 Å². The van der Waals surface area contributed by atoms with Gasteiger partial charge in [0, 0.05) is 29.0 Å². The van der Waals surface area contributed by atoms with Gasteiger partial charge in [0.05, 0.1) is 56.0 Å². The molecule has 0 fully saturated rings. The quantitative estimate of drug-likeness (QED) is 0.0182. The Bertz CT molecular complexity index is 1740. The van der Waals surface area contributed by atoms with Crippen molar-refractivity contribution >= 4 is 46.8 Å². The highest BCUT2D eigenvalue weighted by atomic mass is 32.2. The molecule has 2 aromatic rings. The number of rotatable bonds is 25. The van der Waals surface area contributed by atoms with Crippen LogP contribution < -0.4 is 9.80 Å². The molecule has 2 heterocycles. The van der Waals surface area contributed by atoms with Crippen LogP contribution >= 0.6 is 23.5 Å². The summed E-state index contributed by atoms with van der Waals surface area (Å²) in [4.78, 5) is 45.0. The van der Waals surface area contributed by atoms with Crippen LogP contribution in [0.1, 0.15) is 52.4 Å². The summed E-state index contributed by atoms with van der Waals surface area (Å²) >= 11 is 2.97. The third-order valence-corrected chi connectivity index (χ3v) is 11.2. The van der Waals surface area contributed by atoms with Gasteiger partial charge in [0.2, 0.25) is 5.70 Å². The molecule has 0 amide bonds. The molecule has 294 valence electrons. The molecule has 55 heavy (non-hydrogen) atoms. The van der Waals surface area contributed by atoms with E-state index in [-0.39, 0.29) is 45.2 Å². The first-order chi connectivity index (χ1) is 26.9. The Morgan fingerprint density at radius 1 is 0.836 bits per heavy atom. The lowest BCUT2D eigenvalue weighted by Crippen LogP contribution is -2.23. The van der Waals surface area contributed by atoms with Gasteiger partial charge >= 0.3 is 11.9 Å². The standard InChI is InChI=1S/C41H50N4O8S2/c1-5-31(3)19-21-45-35-16-10-12-18-37(35)55-40(45)33(43-4)30-53-52-28-26-49-24-23-48-25-27-51-41(47)32(29-42)39-44(34-15-9-11-17-36(34)54-39)20-13-7-8-14-22-50-38(46)6-2/h6,9-12,15-18,31H,2,5,7-8,13-14,19-28,30H2,1,3H3/b39-32-,40-33+. The number of ether oxygens (including phenoxy) is 4. The predicted octanol–water partition coefficient (Wildman–Crippen LogP) is 8.28. The van der Waals surface area contributed by atoms with Crippen LogP contribution in [-0.4, -0.2) is 77.9 Å². The van der Waals surface area contributed by atoms with Crippen LogP contribution in [0.4, 0.5) is 11.4 Å². The van der Waals surface area contributed by atoms with E-state index in [2.05, 4.69) is 48.4 Å². The van der Waals surface area contributed by atoms with Crippen LogP contribution in [0.5, 0.6) is 0 Å². The summed E-state index contributed by atoms with van der Waals surface area (Å²) in [5.41, 5.74) is 2.52. The average molecular weight is 791 g/mol. The fourth-order valence-electron chi connectivity index (χ4n) is 5.59. The summed E-state index contributed by atoms with van der Waals surface area (Å²) in [6.07, 6.45) is 6.64. The molecule has 1 unspecified atom stereocenters. The Balaban J connectivity index is 1.11. The van der Waals surface area contributed by atoms with E-state index in [0.717, 1.165) is 77.3 Å². The number of carbonyl (C=O) groups is 2. The maximum absolute atomic E-state index is 13.0. The highest BCUT2D eigenvalue weighted by Crippen LogP contribution is 2.48. The number of unbranched alkanes of at least 4 members (excludes halogenated alkanes) is 3.